The molecule has 2 bridgehead atoms. The Morgan fingerprint density at radius 3 is 2.50 bits per heavy atom. The maximum absolute atomic E-state index is 13.0. The summed E-state index contributed by atoms with van der Waals surface area (Å²) in [6.45, 7) is 0.747. The molecule has 3 fully saturated rings. The molecular weight excluding hydrogens is 372 g/mol. The SMILES string of the molecule is COc1cccc(C2(CNC(=O)C3CC4CCCC(C3)C4N)CCCC2)c1.Cl. The van der Waals surface area contributed by atoms with Crippen molar-refractivity contribution < 1.29 is 9.53 Å². The molecule has 2 atom stereocenters. The quantitative estimate of drug-likeness (QED) is 0.770. The Balaban J connectivity index is 0.00000225. The van der Waals surface area contributed by atoms with Gasteiger partial charge in [0, 0.05) is 23.9 Å². The Labute approximate surface area is 175 Å². The Kier molecular flexibility index (Phi) is 6.93. The number of hydrogen-bond donors (Lipinski definition) is 2. The second-order valence-corrected chi connectivity index (χ2v) is 9.13. The highest BCUT2D eigenvalue weighted by molar-refractivity contribution is 5.85. The third kappa shape index (κ3) is 4.18. The second kappa shape index (κ2) is 9.04. The Morgan fingerprint density at radius 2 is 1.86 bits per heavy atom. The summed E-state index contributed by atoms with van der Waals surface area (Å²) >= 11 is 0. The van der Waals surface area contributed by atoms with Crippen LogP contribution in [0.5, 0.6) is 5.75 Å². The summed E-state index contributed by atoms with van der Waals surface area (Å²) in [5.74, 6) is 2.41. The van der Waals surface area contributed by atoms with E-state index in [1.165, 1.54) is 37.7 Å². The predicted octanol–water partition coefficient (Wildman–Crippen LogP) is 4.20. The van der Waals surface area contributed by atoms with Crippen molar-refractivity contribution in [3.05, 3.63) is 29.8 Å². The molecule has 1 amide bonds. The summed E-state index contributed by atoms with van der Waals surface area (Å²) in [4.78, 5) is 13.0. The molecular formula is C23H35ClN2O2. The molecule has 0 saturated heterocycles. The lowest BCUT2D eigenvalue weighted by atomic mass is 9.65. The lowest BCUT2D eigenvalue weighted by molar-refractivity contribution is -0.128. The lowest BCUT2D eigenvalue weighted by Gasteiger charge is -2.43. The first-order valence-corrected chi connectivity index (χ1v) is 10.8. The van der Waals surface area contributed by atoms with E-state index in [1.807, 2.05) is 6.07 Å². The molecule has 0 aromatic heterocycles. The topological polar surface area (TPSA) is 64.3 Å². The van der Waals surface area contributed by atoms with E-state index < -0.39 is 0 Å². The number of benzene rings is 1. The van der Waals surface area contributed by atoms with Crippen molar-refractivity contribution in [2.75, 3.05) is 13.7 Å². The average Bonchev–Trinajstić information content (AvgIpc) is 3.16. The van der Waals surface area contributed by atoms with E-state index in [2.05, 4.69) is 23.5 Å². The standard InChI is InChI=1S/C23H34N2O2.ClH/c1-27-20-9-5-8-19(14-20)23(10-2-3-11-23)15-25-22(26)18-12-16-6-4-7-17(13-18)21(16)24;/h5,8-9,14,16-18,21H,2-4,6-7,10-13,15,24H2,1H3,(H,25,26);1H. The van der Waals surface area contributed by atoms with Crippen molar-refractivity contribution in [2.24, 2.45) is 23.5 Å². The van der Waals surface area contributed by atoms with Crippen molar-refractivity contribution in [3.8, 4) is 5.75 Å². The molecule has 0 spiro atoms. The number of fused-ring (bicyclic) bond motifs is 2. The molecule has 3 N–H and O–H groups in total. The fourth-order valence-corrected chi connectivity index (χ4v) is 5.98. The van der Waals surface area contributed by atoms with E-state index in [-0.39, 0.29) is 29.6 Å². The number of ether oxygens (including phenoxy) is 1. The van der Waals surface area contributed by atoms with Gasteiger partial charge in [0.2, 0.25) is 5.91 Å². The summed E-state index contributed by atoms with van der Waals surface area (Å²) in [5.41, 5.74) is 7.77. The van der Waals surface area contributed by atoms with Crippen molar-refractivity contribution in [3.63, 3.8) is 0 Å². The van der Waals surface area contributed by atoms with Gasteiger partial charge in [-0.2, -0.15) is 0 Å². The van der Waals surface area contributed by atoms with E-state index in [9.17, 15) is 4.79 Å². The normalized spacial score (nSPS) is 30.9. The maximum atomic E-state index is 13.0. The Bertz CT molecular complexity index is 660. The van der Waals surface area contributed by atoms with Crippen molar-refractivity contribution in [1.29, 1.82) is 0 Å². The summed E-state index contributed by atoms with van der Waals surface area (Å²) < 4.78 is 5.43. The van der Waals surface area contributed by atoms with Crippen LogP contribution in [0.25, 0.3) is 0 Å². The van der Waals surface area contributed by atoms with Gasteiger partial charge in [-0.15, -0.1) is 12.4 Å². The van der Waals surface area contributed by atoms with Gasteiger partial charge in [0.25, 0.3) is 0 Å². The highest BCUT2D eigenvalue weighted by Gasteiger charge is 2.41. The van der Waals surface area contributed by atoms with Gasteiger partial charge >= 0.3 is 0 Å². The van der Waals surface area contributed by atoms with Crippen LogP contribution in [0.15, 0.2) is 24.3 Å². The number of carbonyl (C=O) groups is 1. The van der Waals surface area contributed by atoms with Crippen molar-refractivity contribution >= 4 is 18.3 Å². The number of hydrogen-bond acceptors (Lipinski definition) is 3. The molecule has 0 heterocycles. The zero-order valence-electron chi connectivity index (χ0n) is 17.0. The zero-order valence-corrected chi connectivity index (χ0v) is 17.8. The van der Waals surface area contributed by atoms with Crippen LogP contribution in [0.2, 0.25) is 0 Å². The van der Waals surface area contributed by atoms with Crippen LogP contribution in [-0.2, 0) is 10.2 Å². The number of carbonyl (C=O) groups excluding carboxylic acids is 1. The lowest BCUT2D eigenvalue weighted by Crippen LogP contribution is -2.50. The molecule has 156 valence electrons. The molecule has 1 aromatic rings. The van der Waals surface area contributed by atoms with Crippen LogP contribution in [0.3, 0.4) is 0 Å². The number of rotatable bonds is 5. The van der Waals surface area contributed by atoms with Crippen molar-refractivity contribution in [1.82, 2.24) is 5.32 Å². The molecule has 4 rings (SSSR count). The van der Waals surface area contributed by atoms with Crippen LogP contribution in [0.1, 0.15) is 63.4 Å². The molecule has 4 nitrogen and oxygen atoms in total. The number of halogens is 1. The number of methoxy groups -OCH3 is 1. The maximum Gasteiger partial charge on any atom is 0.223 e. The van der Waals surface area contributed by atoms with Gasteiger partial charge in [0.15, 0.2) is 0 Å². The highest BCUT2D eigenvalue weighted by atomic mass is 35.5. The van der Waals surface area contributed by atoms with Crippen LogP contribution in [0, 0.1) is 17.8 Å². The molecule has 1 aromatic carbocycles. The molecule has 28 heavy (non-hydrogen) atoms. The first-order chi connectivity index (χ1) is 13.1. The third-order valence-electron chi connectivity index (χ3n) is 7.63. The van der Waals surface area contributed by atoms with Crippen LogP contribution in [-0.4, -0.2) is 25.6 Å². The summed E-state index contributed by atoms with van der Waals surface area (Å²) in [6.07, 6.45) is 10.4. The van der Waals surface area contributed by atoms with E-state index in [0.717, 1.165) is 38.0 Å². The average molecular weight is 407 g/mol. The molecule has 2 unspecified atom stereocenters. The summed E-state index contributed by atoms with van der Waals surface area (Å²) in [6, 6.07) is 8.74. The predicted molar refractivity (Wildman–Crippen MR) is 115 cm³/mol. The van der Waals surface area contributed by atoms with E-state index >= 15 is 0 Å². The van der Waals surface area contributed by atoms with E-state index in [0.29, 0.717) is 17.9 Å². The molecule has 3 aliphatic carbocycles. The van der Waals surface area contributed by atoms with Crippen LogP contribution in [0.4, 0.5) is 0 Å². The van der Waals surface area contributed by atoms with E-state index in [1.54, 1.807) is 7.11 Å². The first-order valence-electron chi connectivity index (χ1n) is 10.8. The molecule has 0 aliphatic heterocycles. The van der Waals surface area contributed by atoms with Gasteiger partial charge in [-0.1, -0.05) is 31.4 Å². The summed E-state index contributed by atoms with van der Waals surface area (Å²) in [7, 11) is 1.72. The Morgan fingerprint density at radius 1 is 1.18 bits per heavy atom. The fraction of sp³-hybridized carbons (Fsp3) is 0.696. The number of nitrogens with one attached hydrogen (secondary N) is 1. The minimum absolute atomic E-state index is 0. The number of amides is 1. The monoisotopic (exact) mass is 406 g/mol. The van der Waals surface area contributed by atoms with Gasteiger partial charge in [0.05, 0.1) is 7.11 Å². The van der Waals surface area contributed by atoms with Gasteiger partial charge in [-0.25, -0.2) is 0 Å². The van der Waals surface area contributed by atoms with Crippen LogP contribution >= 0.6 is 12.4 Å². The summed E-state index contributed by atoms with van der Waals surface area (Å²) in [5, 5.41) is 3.35. The van der Waals surface area contributed by atoms with Gasteiger partial charge in [0.1, 0.15) is 5.75 Å². The smallest absolute Gasteiger partial charge is 0.223 e. The number of nitrogens with two attached hydrogens (primary N) is 1. The van der Waals surface area contributed by atoms with E-state index in [4.69, 9.17) is 10.5 Å². The van der Waals surface area contributed by atoms with Gasteiger partial charge in [-0.05, 0) is 68.1 Å². The zero-order chi connectivity index (χ0) is 18.9. The largest absolute Gasteiger partial charge is 0.497 e. The Hall–Kier alpha value is -1.26. The molecule has 5 heteroatoms. The molecule has 0 radical (unpaired) electrons. The minimum Gasteiger partial charge on any atom is -0.497 e. The highest BCUT2D eigenvalue weighted by Crippen LogP contribution is 2.43. The van der Waals surface area contributed by atoms with Crippen molar-refractivity contribution in [2.45, 2.75) is 69.2 Å². The van der Waals surface area contributed by atoms with Gasteiger partial charge in [-0.3, -0.25) is 4.79 Å². The van der Waals surface area contributed by atoms with Gasteiger partial charge < -0.3 is 15.8 Å². The minimum atomic E-state index is 0. The fourth-order valence-electron chi connectivity index (χ4n) is 5.98. The second-order valence-electron chi connectivity index (χ2n) is 9.13. The first kappa shape index (κ1) is 21.4. The third-order valence-corrected chi connectivity index (χ3v) is 7.63. The molecule has 3 saturated carbocycles. The van der Waals surface area contributed by atoms with Crippen LogP contribution < -0.4 is 15.8 Å². The molecule has 3 aliphatic rings.